The van der Waals surface area contributed by atoms with Crippen LogP contribution in [0, 0.1) is 13.8 Å². The fraction of sp³-hybridized carbons (Fsp3) is 0.364. The van der Waals surface area contributed by atoms with Gasteiger partial charge in [-0.1, -0.05) is 24.3 Å². The Morgan fingerprint density at radius 1 is 1.14 bits per heavy atom. The topological polar surface area (TPSA) is 67.9 Å². The molecule has 6 nitrogen and oxygen atoms in total. The number of hydrogen-bond acceptors (Lipinski definition) is 4. The van der Waals surface area contributed by atoms with Crippen LogP contribution in [0.2, 0.25) is 0 Å². The van der Waals surface area contributed by atoms with Gasteiger partial charge in [0.2, 0.25) is 5.91 Å². The maximum atomic E-state index is 12.9. The molecule has 0 aliphatic rings. The van der Waals surface area contributed by atoms with E-state index < -0.39 is 6.04 Å². The monoisotopic (exact) mass is 384 g/mol. The summed E-state index contributed by atoms with van der Waals surface area (Å²) < 4.78 is 11.0. The number of nitrogens with one attached hydrogen (secondary N) is 1. The molecule has 0 saturated heterocycles. The van der Waals surface area contributed by atoms with E-state index in [-0.39, 0.29) is 25.0 Å². The van der Waals surface area contributed by atoms with Crippen LogP contribution in [0.1, 0.15) is 23.6 Å². The van der Waals surface area contributed by atoms with Gasteiger partial charge in [0.15, 0.2) is 6.61 Å². The summed E-state index contributed by atoms with van der Waals surface area (Å²) in [5, 5.41) is 2.60. The van der Waals surface area contributed by atoms with Crippen LogP contribution in [0.3, 0.4) is 0 Å². The maximum Gasteiger partial charge on any atom is 0.261 e. The zero-order chi connectivity index (χ0) is 20.7. The lowest BCUT2D eigenvalue weighted by molar-refractivity contribution is -0.142. The van der Waals surface area contributed by atoms with Crippen LogP contribution in [0.25, 0.3) is 0 Å². The lowest BCUT2D eigenvalue weighted by Gasteiger charge is -2.28. The third kappa shape index (κ3) is 5.49. The van der Waals surface area contributed by atoms with Crippen LogP contribution in [-0.4, -0.2) is 43.5 Å². The molecule has 0 saturated carbocycles. The molecule has 0 aliphatic carbocycles. The highest BCUT2D eigenvalue weighted by Crippen LogP contribution is 2.20. The van der Waals surface area contributed by atoms with Crippen LogP contribution in [0.4, 0.5) is 0 Å². The fourth-order valence-corrected chi connectivity index (χ4v) is 2.84. The number of amides is 2. The molecule has 2 rings (SSSR count). The van der Waals surface area contributed by atoms with Crippen molar-refractivity contribution in [3.63, 3.8) is 0 Å². The Morgan fingerprint density at radius 2 is 1.89 bits per heavy atom. The van der Waals surface area contributed by atoms with Crippen LogP contribution in [0.15, 0.2) is 42.5 Å². The molecule has 150 valence electrons. The van der Waals surface area contributed by atoms with Crippen molar-refractivity contribution >= 4 is 11.8 Å². The normalized spacial score (nSPS) is 11.5. The lowest BCUT2D eigenvalue weighted by atomic mass is 10.1. The van der Waals surface area contributed by atoms with Crippen molar-refractivity contribution in [2.75, 3.05) is 20.8 Å². The van der Waals surface area contributed by atoms with E-state index in [1.165, 1.54) is 4.90 Å². The molecule has 0 radical (unpaired) electrons. The van der Waals surface area contributed by atoms with Gasteiger partial charge in [-0.3, -0.25) is 9.59 Å². The summed E-state index contributed by atoms with van der Waals surface area (Å²) >= 11 is 0. The number of nitrogens with zero attached hydrogens (tertiary/aromatic N) is 1. The number of carbonyl (C=O) groups is 2. The molecule has 2 aromatic carbocycles. The van der Waals surface area contributed by atoms with E-state index in [1.54, 1.807) is 21.1 Å². The largest absolute Gasteiger partial charge is 0.497 e. The molecule has 0 aromatic heterocycles. The molecule has 2 aromatic rings. The first-order valence-electron chi connectivity index (χ1n) is 9.19. The van der Waals surface area contributed by atoms with E-state index in [2.05, 4.69) is 5.32 Å². The standard InChI is InChI=1S/C22H28N2O4/c1-15-9-10-16(2)20(11-15)28-14-21(25)24(17(3)22(26)23-4)13-18-7-6-8-19(12-18)27-5/h6-12,17H,13-14H2,1-5H3,(H,23,26)/t17-/m0/s1. The second kappa shape index (κ2) is 9.78. The van der Waals surface area contributed by atoms with Gasteiger partial charge in [-0.25, -0.2) is 0 Å². The minimum atomic E-state index is -0.633. The van der Waals surface area contributed by atoms with Gasteiger partial charge in [0, 0.05) is 13.6 Å². The number of likely N-dealkylation sites (N-methyl/N-ethyl adjacent to an activating group) is 1. The molecular weight excluding hydrogens is 356 g/mol. The first-order valence-corrected chi connectivity index (χ1v) is 9.19. The van der Waals surface area contributed by atoms with E-state index in [0.29, 0.717) is 11.5 Å². The zero-order valence-electron chi connectivity index (χ0n) is 17.1. The highest BCUT2D eigenvalue weighted by molar-refractivity contribution is 5.87. The number of aryl methyl sites for hydroxylation is 2. The molecule has 0 heterocycles. The molecule has 0 fully saturated rings. The Hall–Kier alpha value is -3.02. The van der Waals surface area contributed by atoms with E-state index >= 15 is 0 Å². The zero-order valence-corrected chi connectivity index (χ0v) is 17.1. The fourth-order valence-electron chi connectivity index (χ4n) is 2.84. The Kier molecular flexibility index (Phi) is 7.44. The summed E-state index contributed by atoms with van der Waals surface area (Å²) in [6.07, 6.45) is 0. The average Bonchev–Trinajstić information content (AvgIpc) is 2.71. The highest BCUT2D eigenvalue weighted by Gasteiger charge is 2.26. The quantitative estimate of drug-likeness (QED) is 0.760. The van der Waals surface area contributed by atoms with Gasteiger partial charge < -0.3 is 19.7 Å². The van der Waals surface area contributed by atoms with Crippen LogP contribution < -0.4 is 14.8 Å². The predicted molar refractivity (Wildman–Crippen MR) is 108 cm³/mol. The number of hydrogen-bond donors (Lipinski definition) is 1. The van der Waals surface area contributed by atoms with Crippen molar-refractivity contribution in [3.05, 3.63) is 59.2 Å². The minimum absolute atomic E-state index is 0.143. The summed E-state index contributed by atoms with van der Waals surface area (Å²) in [6.45, 7) is 5.74. The van der Waals surface area contributed by atoms with Crippen molar-refractivity contribution in [1.82, 2.24) is 10.2 Å². The number of ether oxygens (including phenoxy) is 2. The lowest BCUT2D eigenvalue weighted by Crippen LogP contribution is -2.48. The van der Waals surface area contributed by atoms with Gasteiger partial charge in [0.05, 0.1) is 7.11 Å². The van der Waals surface area contributed by atoms with Gasteiger partial charge in [-0.15, -0.1) is 0 Å². The summed E-state index contributed by atoms with van der Waals surface area (Å²) in [5.74, 6) is 0.870. The Morgan fingerprint density at radius 3 is 2.57 bits per heavy atom. The molecule has 0 bridgehead atoms. The van der Waals surface area contributed by atoms with E-state index in [0.717, 1.165) is 16.7 Å². The Bertz CT molecular complexity index is 835. The Labute approximate surface area is 166 Å². The SMILES string of the molecule is CNC(=O)[C@H](C)N(Cc1cccc(OC)c1)C(=O)COc1cc(C)ccc1C. The third-order valence-electron chi connectivity index (χ3n) is 4.60. The summed E-state index contributed by atoms with van der Waals surface area (Å²) in [5.41, 5.74) is 2.88. The number of benzene rings is 2. The average molecular weight is 384 g/mol. The number of rotatable bonds is 8. The first-order chi connectivity index (χ1) is 13.3. The molecular formula is C22H28N2O4. The van der Waals surface area contributed by atoms with Crippen molar-refractivity contribution in [2.24, 2.45) is 0 Å². The molecule has 0 aliphatic heterocycles. The summed E-state index contributed by atoms with van der Waals surface area (Å²) in [7, 11) is 3.15. The van der Waals surface area contributed by atoms with Gasteiger partial charge in [0.1, 0.15) is 17.5 Å². The van der Waals surface area contributed by atoms with E-state index in [1.807, 2.05) is 56.3 Å². The first kappa shape index (κ1) is 21.3. The predicted octanol–water partition coefficient (Wildman–Crippen LogP) is 2.85. The molecule has 6 heteroatoms. The van der Waals surface area contributed by atoms with Crippen molar-refractivity contribution < 1.29 is 19.1 Å². The van der Waals surface area contributed by atoms with Crippen LogP contribution in [0.5, 0.6) is 11.5 Å². The second-order valence-corrected chi connectivity index (χ2v) is 6.72. The van der Waals surface area contributed by atoms with Gasteiger partial charge in [-0.05, 0) is 55.7 Å². The van der Waals surface area contributed by atoms with Crippen molar-refractivity contribution in [2.45, 2.75) is 33.4 Å². The maximum absolute atomic E-state index is 12.9. The minimum Gasteiger partial charge on any atom is -0.497 e. The molecule has 1 atom stereocenters. The van der Waals surface area contributed by atoms with Crippen molar-refractivity contribution in [3.8, 4) is 11.5 Å². The van der Waals surface area contributed by atoms with E-state index in [4.69, 9.17) is 9.47 Å². The second-order valence-electron chi connectivity index (χ2n) is 6.72. The smallest absolute Gasteiger partial charge is 0.261 e. The van der Waals surface area contributed by atoms with Gasteiger partial charge >= 0.3 is 0 Å². The van der Waals surface area contributed by atoms with Crippen LogP contribution in [-0.2, 0) is 16.1 Å². The van der Waals surface area contributed by atoms with Crippen LogP contribution >= 0.6 is 0 Å². The van der Waals surface area contributed by atoms with E-state index in [9.17, 15) is 9.59 Å². The number of methoxy groups -OCH3 is 1. The summed E-state index contributed by atoms with van der Waals surface area (Å²) in [4.78, 5) is 26.6. The molecule has 0 unspecified atom stereocenters. The summed E-state index contributed by atoms with van der Waals surface area (Å²) in [6, 6.07) is 12.6. The van der Waals surface area contributed by atoms with Crippen molar-refractivity contribution in [1.29, 1.82) is 0 Å². The molecule has 1 N–H and O–H groups in total. The van der Waals surface area contributed by atoms with Gasteiger partial charge in [0.25, 0.3) is 5.91 Å². The number of carbonyl (C=O) groups excluding carboxylic acids is 2. The third-order valence-corrected chi connectivity index (χ3v) is 4.60. The Balaban J connectivity index is 2.18. The highest BCUT2D eigenvalue weighted by atomic mass is 16.5. The van der Waals surface area contributed by atoms with Gasteiger partial charge in [-0.2, -0.15) is 0 Å². The molecule has 28 heavy (non-hydrogen) atoms. The molecule has 0 spiro atoms. The molecule has 2 amide bonds.